The van der Waals surface area contributed by atoms with Crippen LogP contribution >= 0.6 is 20.0 Å². The van der Waals surface area contributed by atoms with E-state index >= 15 is 0 Å². The molecule has 1 aliphatic heterocycles. The third-order valence-corrected chi connectivity index (χ3v) is 9.31. The molecule has 2 aromatic heterocycles. The first-order valence-corrected chi connectivity index (χ1v) is 17.1. The molecule has 1 fully saturated rings. The third kappa shape index (κ3) is 9.89. The Labute approximate surface area is 250 Å². The van der Waals surface area contributed by atoms with Gasteiger partial charge in [0.1, 0.15) is 6.33 Å². The molecule has 3 aromatic rings. The van der Waals surface area contributed by atoms with Crippen molar-refractivity contribution in [2.45, 2.75) is 82.8 Å². The Morgan fingerprint density at radius 2 is 1.76 bits per heavy atom. The SMILES string of the molecule is CP=c1nc(SCCCCCCCC(=O)c2ccc(C)cc2)n(CCCN2CCCC2=O)cc1Cc1cncnc1. The minimum atomic E-state index is 0.250. The minimum absolute atomic E-state index is 0.250. The van der Waals surface area contributed by atoms with E-state index in [1.54, 1.807) is 6.33 Å². The average molecular weight is 592 g/mol. The van der Waals surface area contributed by atoms with Gasteiger partial charge in [-0.3, -0.25) is 9.59 Å². The number of amides is 1. The first kappa shape index (κ1) is 31.1. The number of hydrogen-bond acceptors (Lipinski definition) is 6. The second-order valence-electron chi connectivity index (χ2n) is 10.7. The van der Waals surface area contributed by atoms with E-state index in [2.05, 4.69) is 27.4 Å². The van der Waals surface area contributed by atoms with E-state index in [-0.39, 0.29) is 11.7 Å². The molecular weight excluding hydrogens is 549 g/mol. The first-order chi connectivity index (χ1) is 20.0. The van der Waals surface area contributed by atoms with E-state index in [0.29, 0.717) is 12.8 Å². The third-order valence-electron chi connectivity index (χ3n) is 7.42. The van der Waals surface area contributed by atoms with Gasteiger partial charge < -0.3 is 9.47 Å². The van der Waals surface area contributed by atoms with Gasteiger partial charge in [0.2, 0.25) is 5.91 Å². The first-order valence-electron chi connectivity index (χ1n) is 14.8. The summed E-state index contributed by atoms with van der Waals surface area (Å²) in [7, 11) is 1.14. The molecular formula is C32H42N5O2PS. The lowest BCUT2D eigenvalue weighted by Gasteiger charge is -2.18. The number of Topliss-reactive ketones (excluding diaryl/α,β-unsaturated/α-hetero) is 1. The Hall–Kier alpha value is -2.83. The highest BCUT2D eigenvalue weighted by Gasteiger charge is 2.19. The lowest BCUT2D eigenvalue weighted by atomic mass is 10.0. The van der Waals surface area contributed by atoms with Crippen LogP contribution in [0.2, 0.25) is 0 Å². The second-order valence-corrected chi connectivity index (χ2v) is 12.6. The number of unbranched alkanes of at least 4 members (excludes halogenated alkanes) is 4. The van der Waals surface area contributed by atoms with Gasteiger partial charge in [-0.15, -0.1) is 0 Å². The zero-order valence-corrected chi connectivity index (χ0v) is 26.1. The maximum atomic E-state index is 12.4. The Balaban J connectivity index is 1.28. The van der Waals surface area contributed by atoms with Gasteiger partial charge in [-0.2, -0.15) is 0 Å². The smallest absolute Gasteiger partial charge is 0.222 e. The summed E-state index contributed by atoms with van der Waals surface area (Å²) in [5.74, 6) is 1.55. The van der Waals surface area contributed by atoms with Crippen molar-refractivity contribution in [3.05, 3.63) is 76.5 Å². The second kappa shape index (κ2) is 16.6. The van der Waals surface area contributed by atoms with Gasteiger partial charge in [-0.05, 0) is 44.8 Å². The monoisotopic (exact) mass is 591 g/mol. The number of nitrogens with zero attached hydrogens (tertiary/aromatic N) is 5. The van der Waals surface area contributed by atoms with E-state index in [1.807, 2.05) is 60.2 Å². The van der Waals surface area contributed by atoms with Crippen molar-refractivity contribution in [3.8, 4) is 0 Å². The van der Waals surface area contributed by atoms with Crippen molar-refractivity contribution < 1.29 is 9.59 Å². The topological polar surface area (TPSA) is 81.0 Å². The van der Waals surface area contributed by atoms with Crippen LogP contribution < -0.4 is 0 Å². The number of thioether (sulfide) groups is 1. The van der Waals surface area contributed by atoms with Crippen molar-refractivity contribution in [2.75, 3.05) is 25.5 Å². The number of ketones is 1. The van der Waals surface area contributed by atoms with Crippen LogP contribution in [0.1, 0.15) is 84.8 Å². The fourth-order valence-electron chi connectivity index (χ4n) is 5.10. The molecule has 0 aliphatic carbocycles. The van der Waals surface area contributed by atoms with Crippen molar-refractivity contribution in [1.82, 2.24) is 24.4 Å². The molecule has 4 rings (SSSR count). The maximum Gasteiger partial charge on any atom is 0.222 e. The number of rotatable bonds is 16. The standard InChI is InChI=1S/C32H42N5O2PS/c1-25-12-14-27(15-13-25)29(38)10-6-4-3-5-7-19-41-32-35-31(40-2)28(20-26-21-33-24-34-22-26)23-37(32)18-9-17-36-16-8-11-30(36)39/h12-15,21-24H,3-11,16-20H2,1-2H3. The summed E-state index contributed by atoms with van der Waals surface area (Å²) in [6.07, 6.45) is 17.0. The molecule has 1 aliphatic rings. The molecule has 9 heteroatoms. The Bertz CT molecular complexity index is 1340. The molecule has 218 valence electrons. The molecule has 0 bridgehead atoms. The number of aryl methyl sites for hydroxylation is 2. The van der Waals surface area contributed by atoms with E-state index in [4.69, 9.17) is 4.98 Å². The van der Waals surface area contributed by atoms with E-state index in [9.17, 15) is 9.59 Å². The van der Waals surface area contributed by atoms with Gasteiger partial charge in [0.25, 0.3) is 0 Å². The van der Waals surface area contributed by atoms with Crippen molar-refractivity contribution in [3.63, 3.8) is 0 Å². The van der Waals surface area contributed by atoms with Crippen LogP contribution in [-0.4, -0.2) is 61.6 Å². The van der Waals surface area contributed by atoms with Crippen LogP contribution in [0.4, 0.5) is 0 Å². The number of likely N-dealkylation sites (tertiary alicyclic amines) is 1. The molecule has 41 heavy (non-hydrogen) atoms. The molecule has 0 radical (unpaired) electrons. The molecule has 0 spiro atoms. The lowest BCUT2D eigenvalue weighted by Crippen LogP contribution is -2.26. The fourth-order valence-corrected chi connectivity index (χ4v) is 6.78. The van der Waals surface area contributed by atoms with Gasteiger partial charge >= 0.3 is 0 Å². The molecule has 1 aromatic carbocycles. The minimum Gasteiger partial charge on any atom is -0.343 e. The van der Waals surface area contributed by atoms with Crippen LogP contribution in [0, 0.1) is 12.0 Å². The molecule has 3 heterocycles. The summed E-state index contributed by atoms with van der Waals surface area (Å²) in [5.41, 5.74) is 4.29. The van der Waals surface area contributed by atoms with Crippen molar-refractivity contribution in [2.24, 2.45) is 0 Å². The lowest BCUT2D eigenvalue weighted by molar-refractivity contribution is -0.127. The predicted octanol–water partition coefficient (Wildman–Crippen LogP) is 7.01. The van der Waals surface area contributed by atoms with Gasteiger partial charge in [0.05, 0.1) is 5.07 Å². The van der Waals surface area contributed by atoms with E-state index in [0.717, 1.165) is 106 Å². The van der Waals surface area contributed by atoms with Crippen molar-refractivity contribution >= 4 is 31.7 Å². The molecule has 0 unspecified atom stereocenters. The van der Waals surface area contributed by atoms with E-state index in [1.165, 1.54) is 11.1 Å². The van der Waals surface area contributed by atoms with E-state index < -0.39 is 0 Å². The van der Waals surface area contributed by atoms with Gasteiger partial charge in [0.15, 0.2) is 10.9 Å². The molecule has 1 saturated heterocycles. The van der Waals surface area contributed by atoms with Gasteiger partial charge in [-0.25, -0.2) is 15.0 Å². The van der Waals surface area contributed by atoms with Crippen LogP contribution in [0.3, 0.4) is 0 Å². The van der Waals surface area contributed by atoms with Gasteiger partial charge in [-0.1, -0.05) is 69.1 Å². The largest absolute Gasteiger partial charge is 0.343 e. The van der Waals surface area contributed by atoms with Crippen molar-refractivity contribution in [1.29, 1.82) is 0 Å². The highest BCUT2D eigenvalue weighted by molar-refractivity contribution is 7.99. The molecule has 1 amide bonds. The summed E-state index contributed by atoms with van der Waals surface area (Å²) < 4.78 is 2.29. The fraction of sp³-hybridized carbons (Fsp3) is 0.500. The average Bonchev–Trinajstić information content (AvgIpc) is 3.40. The number of carbonyl (C=O) groups excluding carboxylic acids is 2. The summed E-state index contributed by atoms with van der Waals surface area (Å²) in [4.78, 5) is 39.9. The normalized spacial score (nSPS) is 13.8. The molecule has 0 N–H and O–H groups in total. The Kier molecular flexibility index (Phi) is 12.6. The zero-order valence-electron chi connectivity index (χ0n) is 24.4. The van der Waals surface area contributed by atoms with Crippen LogP contribution in [0.15, 0.2) is 54.3 Å². The predicted molar refractivity (Wildman–Crippen MR) is 168 cm³/mol. The molecule has 0 saturated carbocycles. The zero-order chi connectivity index (χ0) is 28.9. The van der Waals surface area contributed by atoms with Crippen LogP contribution in [0.25, 0.3) is 0 Å². The highest BCUT2D eigenvalue weighted by Crippen LogP contribution is 2.23. The Morgan fingerprint density at radius 1 is 1.00 bits per heavy atom. The summed E-state index contributed by atoms with van der Waals surface area (Å²) >= 11 is 1.83. The quantitative estimate of drug-likeness (QED) is 0.0586. The van der Waals surface area contributed by atoms with Gasteiger partial charge in [0, 0.05) is 74.4 Å². The van der Waals surface area contributed by atoms with Crippen LogP contribution in [-0.2, 0) is 17.8 Å². The number of benzene rings is 1. The number of hydrogen-bond donors (Lipinski definition) is 0. The van der Waals surface area contributed by atoms with Crippen LogP contribution in [0.5, 0.6) is 0 Å². The summed E-state index contributed by atoms with van der Waals surface area (Å²) in [6.45, 7) is 6.70. The maximum absolute atomic E-state index is 12.4. The highest BCUT2D eigenvalue weighted by atomic mass is 32.2. The summed E-state index contributed by atoms with van der Waals surface area (Å²) in [5, 5.41) is 2.15. The number of aromatic nitrogens is 4. The summed E-state index contributed by atoms with van der Waals surface area (Å²) in [6, 6.07) is 7.89. The molecule has 0 atom stereocenters. The number of carbonyl (C=O) groups is 2. The Morgan fingerprint density at radius 3 is 2.49 bits per heavy atom. The molecule has 7 nitrogen and oxygen atoms in total.